The maximum absolute atomic E-state index is 12.5. The van der Waals surface area contributed by atoms with Crippen molar-refractivity contribution in [2.75, 3.05) is 4.72 Å². The van der Waals surface area contributed by atoms with Crippen LogP contribution in [-0.4, -0.2) is 23.1 Å². The van der Waals surface area contributed by atoms with Crippen LogP contribution in [0, 0.1) is 0 Å². The van der Waals surface area contributed by atoms with Gasteiger partial charge in [-0.2, -0.15) is 0 Å². The van der Waals surface area contributed by atoms with Gasteiger partial charge < -0.3 is 9.67 Å². The summed E-state index contributed by atoms with van der Waals surface area (Å²) < 4.78 is 29.0. The van der Waals surface area contributed by atoms with Gasteiger partial charge in [-0.1, -0.05) is 35.3 Å². The monoisotopic (exact) mass is 371 g/mol. The van der Waals surface area contributed by atoms with Gasteiger partial charge in [0.05, 0.1) is 16.1 Å². The first kappa shape index (κ1) is 15.9. The number of nitrogens with one attached hydrogen (secondary N) is 1. The minimum Gasteiger partial charge on any atom is -0.505 e. The summed E-state index contributed by atoms with van der Waals surface area (Å²) in [5.41, 5.74) is 1.40. The summed E-state index contributed by atoms with van der Waals surface area (Å²) in [6.07, 6.45) is 0. The number of sulfonamides is 1. The maximum Gasteiger partial charge on any atom is 0.267 e. The number of aromatic hydroxyl groups is 1. The molecule has 0 aliphatic heterocycles. The van der Waals surface area contributed by atoms with Gasteiger partial charge in [0, 0.05) is 12.1 Å². The molecule has 120 valence electrons. The number of para-hydroxylation sites is 2. The van der Waals surface area contributed by atoms with Gasteiger partial charge in [0.15, 0.2) is 5.75 Å². The first-order chi connectivity index (χ1) is 10.8. The molecule has 0 saturated carbocycles. The van der Waals surface area contributed by atoms with Crippen molar-refractivity contribution in [3.63, 3.8) is 0 Å². The van der Waals surface area contributed by atoms with Crippen LogP contribution in [0.15, 0.2) is 41.3 Å². The largest absolute Gasteiger partial charge is 0.505 e. The van der Waals surface area contributed by atoms with Crippen LogP contribution in [0.2, 0.25) is 10.0 Å². The van der Waals surface area contributed by atoms with E-state index in [1.54, 1.807) is 23.7 Å². The molecule has 2 aromatic carbocycles. The summed E-state index contributed by atoms with van der Waals surface area (Å²) in [6, 6.07) is 9.58. The van der Waals surface area contributed by atoms with E-state index in [9.17, 15) is 13.5 Å². The van der Waals surface area contributed by atoms with Gasteiger partial charge in [-0.05, 0) is 24.3 Å². The predicted octanol–water partition coefficient (Wildman–Crippen LogP) is 3.39. The Morgan fingerprint density at radius 3 is 2.61 bits per heavy atom. The van der Waals surface area contributed by atoms with E-state index in [0.29, 0.717) is 5.52 Å². The Balaban J connectivity index is 2.09. The molecule has 0 radical (unpaired) electrons. The van der Waals surface area contributed by atoms with Gasteiger partial charge in [-0.15, -0.1) is 0 Å². The number of hydrogen-bond donors (Lipinski definition) is 2. The van der Waals surface area contributed by atoms with Crippen molar-refractivity contribution in [2.45, 2.75) is 4.90 Å². The number of nitrogens with zero attached hydrogens (tertiary/aromatic N) is 2. The average molecular weight is 372 g/mol. The van der Waals surface area contributed by atoms with E-state index in [1.807, 2.05) is 12.1 Å². The van der Waals surface area contributed by atoms with E-state index >= 15 is 0 Å². The molecular formula is C14H11Cl2N3O3S. The maximum atomic E-state index is 12.5. The van der Waals surface area contributed by atoms with Gasteiger partial charge in [-0.3, -0.25) is 0 Å². The fourth-order valence-corrected chi connectivity index (χ4v) is 3.95. The molecular weight excluding hydrogens is 361 g/mol. The van der Waals surface area contributed by atoms with Crippen molar-refractivity contribution in [1.82, 2.24) is 9.55 Å². The number of rotatable bonds is 3. The molecule has 0 fully saturated rings. The number of phenolic OH excluding ortho intramolecular Hbond substituents is 1. The zero-order chi connectivity index (χ0) is 16.8. The summed E-state index contributed by atoms with van der Waals surface area (Å²) in [7, 11) is -2.43. The molecule has 6 nitrogen and oxygen atoms in total. The Morgan fingerprint density at radius 2 is 1.91 bits per heavy atom. The number of anilines is 1. The van der Waals surface area contributed by atoms with Gasteiger partial charge in [0.2, 0.25) is 5.95 Å². The van der Waals surface area contributed by atoms with E-state index in [4.69, 9.17) is 23.2 Å². The van der Waals surface area contributed by atoms with E-state index < -0.39 is 20.7 Å². The fraction of sp³-hybridized carbons (Fsp3) is 0.0714. The Morgan fingerprint density at radius 1 is 1.22 bits per heavy atom. The van der Waals surface area contributed by atoms with Crippen molar-refractivity contribution in [3.05, 3.63) is 46.4 Å². The van der Waals surface area contributed by atoms with Crippen LogP contribution in [0.1, 0.15) is 0 Å². The molecule has 9 heteroatoms. The van der Waals surface area contributed by atoms with E-state index in [1.165, 1.54) is 6.07 Å². The molecule has 3 rings (SSSR count). The molecule has 0 aliphatic carbocycles. The van der Waals surface area contributed by atoms with Gasteiger partial charge in [0.25, 0.3) is 10.0 Å². The lowest BCUT2D eigenvalue weighted by Gasteiger charge is -2.10. The molecule has 23 heavy (non-hydrogen) atoms. The van der Waals surface area contributed by atoms with Crippen molar-refractivity contribution in [2.24, 2.45) is 7.05 Å². The van der Waals surface area contributed by atoms with Crippen LogP contribution in [0.5, 0.6) is 5.75 Å². The van der Waals surface area contributed by atoms with E-state index in [2.05, 4.69) is 9.71 Å². The highest BCUT2D eigenvalue weighted by Gasteiger charge is 2.23. The van der Waals surface area contributed by atoms with Crippen LogP contribution in [0.3, 0.4) is 0 Å². The minimum atomic E-state index is -4.11. The number of aryl methyl sites for hydroxylation is 1. The second kappa shape index (κ2) is 5.59. The molecule has 3 aromatic rings. The molecule has 1 heterocycles. The minimum absolute atomic E-state index is 0.0955. The number of imidazole rings is 1. The van der Waals surface area contributed by atoms with Crippen LogP contribution in [0.25, 0.3) is 11.0 Å². The van der Waals surface area contributed by atoms with Crippen molar-refractivity contribution < 1.29 is 13.5 Å². The van der Waals surface area contributed by atoms with Crippen LogP contribution >= 0.6 is 23.2 Å². The quantitative estimate of drug-likeness (QED) is 0.738. The molecule has 0 bridgehead atoms. The second-order valence-electron chi connectivity index (χ2n) is 4.82. The highest BCUT2D eigenvalue weighted by Crippen LogP contribution is 2.35. The summed E-state index contributed by atoms with van der Waals surface area (Å²) in [4.78, 5) is 3.81. The van der Waals surface area contributed by atoms with Crippen molar-refractivity contribution in [1.29, 1.82) is 0 Å². The standard InChI is InChI=1S/C14H11Cl2N3O3S/c1-19-11-5-3-2-4-10(11)17-14(19)18-23(21,22)12-7-8(15)6-9(16)13(12)20/h2-7,20H,1H3,(H,17,18). The van der Waals surface area contributed by atoms with Gasteiger partial charge >= 0.3 is 0 Å². The normalized spacial score (nSPS) is 11.8. The summed E-state index contributed by atoms with van der Waals surface area (Å²) in [6.45, 7) is 0. The van der Waals surface area contributed by atoms with Crippen LogP contribution in [0.4, 0.5) is 5.95 Å². The molecule has 0 aliphatic rings. The number of fused-ring (bicyclic) bond motifs is 1. The smallest absolute Gasteiger partial charge is 0.267 e. The van der Waals surface area contributed by atoms with Gasteiger partial charge in [0.1, 0.15) is 4.90 Å². The van der Waals surface area contributed by atoms with Crippen molar-refractivity contribution in [3.8, 4) is 5.75 Å². The molecule has 0 amide bonds. The predicted molar refractivity (Wildman–Crippen MR) is 89.6 cm³/mol. The lowest BCUT2D eigenvalue weighted by molar-refractivity contribution is 0.459. The molecule has 0 atom stereocenters. The lowest BCUT2D eigenvalue weighted by Crippen LogP contribution is -2.16. The fourth-order valence-electron chi connectivity index (χ4n) is 2.16. The molecule has 0 unspecified atom stereocenters. The molecule has 0 saturated heterocycles. The number of benzene rings is 2. The first-order valence-corrected chi connectivity index (χ1v) is 8.66. The van der Waals surface area contributed by atoms with Gasteiger partial charge in [-0.25, -0.2) is 18.1 Å². The number of aromatic nitrogens is 2. The Hall–Kier alpha value is -1.96. The number of halogens is 2. The Labute approximate surface area is 142 Å². The summed E-state index contributed by atoms with van der Waals surface area (Å²) >= 11 is 11.6. The van der Waals surface area contributed by atoms with E-state index in [-0.39, 0.29) is 16.0 Å². The second-order valence-corrected chi connectivity index (χ2v) is 7.32. The van der Waals surface area contributed by atoms with Crippen LogP contribution in [-0.2, 0) is 17.1 Å². The SMILES string of the molecule is Cn1c(NS(=O)(=O)c2cc(Cl)cc(Cl)c2O)nc2ccccc21. The number of phenols is 1. The number of hydrogen-bond acceptors (Lipinski definition) is 4. The van der Waals surface area contributed by atoms with Crippen LogP contribution < -0.4 is 4.72 Å². The summed E-state index contributed by atoms with van der Waals surface area (Å²) in [5, 5.41) is 9.85. The molecule has 2 N–H and O–H groups in total. The topological polar surface area (TPSA) is 84.2 Å². The third kappa shape index (κ3) is 2.83. The molecule has 0 spiro atoms. The third-order valence-electron chi connectivity index (χ3n) is 3.30. The van der Waals surface area contributed by atoms with Crippen molar-refractivity contribution >= 4 is 50.2 Å². The zero-order valence-electron chi connectivity index (χ0n) is 11.8. The first-order valence-electron chi connectivity index (χ1n) is 6.42. The Kier molecular flexibility index (Phi) is 3.87. The summed E-state index contributed by atoms with van der Waals surface area (Å²) in [5.74, 6) is -0.455. The highest BCUT2D eigenvalue weighted by molar-refractivity contribution is 7.92. The highest BCUT2D eigenvalue weighted by atomic mass is 35.5. The average Bonchev–Trinajstić information content (AvgIpc) is 2.79. The Bertz CT molecular complexity index is 1020. The molecule has 1 aromatic heterocycles. The third-order valence-corrected chi connectivity index (χ3v) is 5.14. The lowest BCUT2D eigenvalue weighted by atomic mass is 10.3. The zero-order valence-corrected chi connectivity index (χ0v) is 14.1. The van der Waals surface area contributed by atoms with E-state index in [0.717, 1.165) is 11.6 Å².